The van der Waals surface area contributed by atoms with Crippen molar-refractivity contribution in [3.63, 3.8) is 0 Å². The van der Waals surface area contributed by atoms with Gasteiger partial charge in [-0.3, -0.25) is 4.79 Å². The molecule has 0 aliphatic carbocycles. The lowest BCUT2D eigenvalue weighted by molar-refractivity contribution is 0.0897. The number of nitrogens with one attached hydrogen (secondary N) is 1. The second-order valence-electron chi connectivity index (χ2n) is 4.16. The van der Waals surface area contributed by atoms with E-state index in [1.807, 2.05) is 20.8 Å². The Morgan fingerprint density at radius 2 is 2.12 bits per heavy atom. The van der Waals surface area contributed by atoms with E-state index in [0.717, 1.165) is 12.8 Å². The lowest BCUT2D eigenvalue weighted by Gasteiger charge is -2.28. The van der Waals surface area contributed by atoms with E-state index in [0.29, 0.717) is 11.4 Å². The molecule has 1 amide bonds. The van der Waals surface area contributed by atoms with Gasteiger partial charge < -0.3 is 11.1 Å². The van der Waals surface area contributed by atoms with Crippen molar-refractivity contribution in [2.75, 3.05) is 5.73 Å². The number of amides is 1. The number of hydrogen-bond donors (Lipinski definition) is 2. The molecule has 1 aromatic rings. The van der Waals surface area contributed by atoms with Gasteiger partial charge >= 0.3 is 0 Å². The minimum absolute atomic E-state index is 0.193. The third-order valence-corrected chi connectivity index (χ3v) is 3.03. The van der Waals surface area contributed by atoms with E-state index >= 15 is 0 Å². The summed E-state index contributed by atoms with van der Waals surface area (Å²) >= 11 is 0. The summed E-state index contributed by atoms with van der Waals surface area (Å²) in [5.74, 6) is -0.204. The van der Waals surface area contributed by atoms with Gasteiger partial charge in [-0.2, -0.15) is 0 Å². The third kappa shape index (κ3) is 2.72. The van der Waals surface area contributed by atoms with E-state index in [1.54, 1.807) is 18.3 Å². The molecule has 1 aromatic heterocycles. The highest BCUT2D eigenvalue weighted by Crippen LogP contribution is 2.15. The van der Waals surface area contributed by atoms with Gasteiger partial charge in [-0.15, -0.1) is 0 Å². The molecule has 0 aliphatic rings. The predicted molar refractivity (Wildman–Crippen MR) is 65.1 cm³/mol. The van der Waals surface area contributed by atoms with Crippen molar-refractivity contribution in [3.05, 3.63) is 24.0 Å². The van der Waals surface area contributed by atoms with Crippen LogP contribution in [0.25, 0.3) is 0 Å². The number of rotatable bonds is 4. The van der Waals surface area contributed by atoms with Gasteiger partial charge in [0.15, 0.2) is 5.69 Å². The van der Waals surface area contributed by atoms with Crippen LogP contribution in [-0.4, -0.2) is 16.4 Å². The SMILES string of the molecule is CCC(C)(CC)NC(=O)c1ncccc1N. The number of pyridine rings is 1. The summed E-state index contributed by atoms with van der Waals surface area (Å²) in [5.41, 5.74) is 6.22. The summed E-state index contributed by atoms with van der Waals surface area (Å²) in [7, 11) is 0. The minimum atomic E-state index is -0.204. The maximum absolute atomic E-state index is 11.9. The van der Waals surface area contributed by atoms with Crippen LogP contribution in [-0.2, 0) is 0 Å². The molecule has 0 saturated carbocycles. The molecule has 0 unspecified atom stereocenters. The first-order valence-corrected chi connectivity index (χ1v) is 5.55. The number of aromatic nitrogens is 1. The number of hydrogen-bond acceptors (Lipinski definition) is 3. The first kappa shape index (κ1) is 12.5. The van der Waals surface area contributed by atoms with Gasteiger partial charge in [-0.25, -0.2) is 4.98 Å². The molecule has 1 rings (SSSR count). The maximum atomic E-state index is 11.9. The summed E-state index contributed by atoms with van der Waals surface area (Å²) in [4.78, 5) is 15.9. The molecular formula is C12H19N3O. The van der Waals surface area contributed by atoms with Crippen molar-refractivity contribution in [2.45, 2.75) is 39.2 Å². The molecule has 0 aromatic carbocycles. The van der Waals surface area contributed by atoms with Crippen molar-refractivity contribution < 1.29 is 4.79 Å². The van der Waals surface area contributed by atoms with Gasteiger partial charge in [-0.05, 0) is 31.9 Å². The van der Waals surface area contributed by atoms with Crippen LogP contribution in [0.4, 0.5) is 5.69 Å². The number of carbonyl (C=O) groups is 1. The highest BCUT2D eigenvalue weighted by molar-refractivity contribution is 5.97. The average Bonchev–Trinajstić information content (AvgIpc) is 2.29. The number of nitrogens with two attached hydrogens (primary N) is 1. The van der Waals surface area contributed by atoms with Crippen LogP contribution < -0.4 is 11.1 Å². The quantitative estimate of drug-likeness (QED) is 0.816. The Morgan fingerprint density at radius 1 is 1.50 bits per heavy atom. The summed E-state index contributed by atoms with van der Waals surface area (Å²) in [6.45, 7) is 6.11. The zero-order valence-electron chi connectivity index (χ0n) is 10.1. The fourth-order valence-corrected chi connectivity index (χ4v) is 1.37. The summed E-state index contributed by atoms with van der Waals surface area (Å²) in [6.07, 6.45) is 3.32. The smallest absolute Gasteiger partial charge is 0.272 e. The lowest BCUT2D eigenvalue weighted by atomic mass is 9.95. The largest absolute Gasteiger partial charge is 0.397 e. The van der Waals surface area contributed by atoms with Crippen LogP contribution in [0.5, 0.6) is 0 Å². The maximum Gasteiger partial charge on any atom is 0.272 e. The Kier molecular flexibility index (Phi) is 3.88. The fraction of sp³-hybridized carbons (Fsp3) is 0.500. The Balaban J connectivity index is 2.84. The lowest BCUT2D eigenvalue weighted by Crippen LogP contribution is -2.45. The number of anilines is 1. The molecule has 0 atom stereocenters. The second kappa shape index (κ2) is 4.96. The van der Waals surface area contributed by atoms with Gasteiger partial charge in [0.2, 0.25) is 0 Å². The van der Waals surface area contributed by atoms with Crippen molar-refractivity contribution in [3.8, 4) is 0 Å². The molecule has 0 fully saturated rings. The Morgan fingerprint density at radius 3 is 2.62 bits per heavy atom. The average molecular weight is 221 g/mol. The van der Waals surface area contributed by atoms with Crippen molar-refractivity contribution in [2.24, 2.45) is 0 Å². The molecule has 0 spiro atoms. The Labute approximate surface area is 96.3 Å². The molecule has 0 saturated heterocycles. The molecule has 0 bridgehead atoms. The van der Waals surface area contributed by atoms with E-state index in [1.165, 1.54) is 0 Å². The van der Waals surface area contributed by atoms with Crippen LogP contribution in [0.1, 0.15) is 44.1 Å². The summed E-state index contributed by atoms with van der Waals surface area (Å²) in [6, 6.07) is 3.39. The van der Waals surface area contributed by atoms with Gasteiger partial charge in [-0.1, -0.05) is 13.8 Å². The van der Waals surface area contributed by atoms with E-state index in [2.05, 4.69) is 10.3 Å². The van der Waals surface area contributed by atoms with Crippen LogP contribution in [0.3, 0.4) is 0 Å². The normalized spacial score (nSPS) is 11.2. The first-order chi connectivity index (χ1) is 7.52. The van der Waals surface area contributed by atoms with Gasteiger partial charge in [0.1, 0.15) is 0 Å². The second-order valence-corrected chi connectivity index (χ2v) is 4.16. The monoisotopic (exact) mass is 221 g/mol. The number of nitrogen functional groups attached to an aromatic ring is 1. The third-order valence-electron chi connectivity index (χ3n) is 3.03. The minimum Gasteiger partial charge on any atom is -0.397 e. The van der Waals surface area contributed by atoms with Crippen molar-refractivity contribution in [1.29, 1.82) is 0 Å². The highest BCUT2D eigenvalue weighted by Gasteiger charge is 2.23. The van der Waals surface area contributed by atoms with E-state index in [9.17, 15) is 4.79 Å². The zero-order valence-corrected chi connectivity index (χ0v) is 10.1. The van der Waals surface area contributed by atoms with Crippen molar-refractivity contribution >= 4 is 11.6 Å². The van der Waals surface area contributed by atoms with Gasteiger partial charge in [0.25, 0.3) is 5.91 Å². The molecule has 88 valence electrons. The van der Waals surface area contributed by atoms with Crippen LogP contribution >= 0.6 is 0 Å². The van der Waals surface area contributed by atoms with Crippen LogP contribution in [0.2, 0.25) is 0 Å². The fourth-order valence-electron chi connectivity index (χ4n) is 1.37. The molecule has 0 aliphatic heterocycles. The van der Waals surface area contributed by atoms with Crippen LogP contribution in [0.15, 0.2) is 18.3 Å². The molecule has 1 heterocycles. The zero-order chi connectivity index (χ0) is 12.2. The molecule has 3 N–H and O–H groups in total. The summed E-state index contributed by atoms with van der Waals surface area (Å²) in [5, 5.41) is 2.97. The predicted octanol–water partition coefficient (Wildman–Crippen LogP) is 1.97. The Hall–Kier alpha value is -1.58. The molecule has 16 heavy (non-hydrogen) atoms. The molecule has 0 radical (unpaired) electrons. The molecule has 4 heteroatoms. The molecular weight excluding hydrogens is 202 g/mol. The Bertz CT molecular complexity index is 372. The number of nitrogens with zero attached hydrogens (tertiary/aromatic N) is 1. The molecule has 4 nitrogen and oxygen atoms in total. The van der Waals surface area contributed by atoms with Crippen molar-refractivity contribution in [1.82, 2.24) is 10.3 Å². The first-order valence-electron chi connectivity index (χ1n) is 5.55. The van der Waals surface area contributed by atoms with Crippen LogP contribution in [0, 0.1) is 0 Å². The number of carbonyl (C=O) groups excluding carboxylic acids is 1. The van der Waals surface area contributed by atoms with E-state index in [4.69, 9.17) is 5.73 Å². The van der Waals surface area contributed by atoms with Gasteiger partial charge in [0, 0.05) is 11.7 Å². The topological polar surface area (TPSA) is 68.0 Å². The highest BCUT2D eigenvalue weighted by atomic mass is 16.2. The summed E-state index contributed by atoms with van der Waals surface area (Å²) < 4.78 is 0. The van der Waals surface area contributed by atoms with E-state index in [-0.39, 0.29) is 11.4 Å². The van der Waals surface area contributed by atoms with Gasteiger partial charge in [0.05, 0.1) is 5.69 Å². The van der Waals surface area contributed by atoms with E-state index < -0.39 is 0 Å². The standard InChI is InChI=1S/C12H19N3O/c1-4-12(3,5-2)15-11(16)10-9(13)7-6-8-14-10/h6-8H,4-5,13H2,1-3H3,(H,15,16).